The molecule has 4 heteroatoms. The summed E-state index contributed by atoms with van der Waals surface area (Å²) < 4.78 is 11.5. The van der Waals surface area contributed by atoms with Crippen LogP contribution in [-0.4, -0.2) is 24.3 Å². The Morgan fingerprint density at radius 1 is 0.962 bits per heavy atom. The minimum absolute atomic E-state index is 0.106. The molecule has 0 fully saturated rings. The number of hydrogen-bond donors (Lipinski definition) is 1. The molecule has 0 amide bonds. The lowest BCUT2D eigenvalue weighted by Gasteiger charge is -2.36. The number of methoxy groups -OCH3 is 2. The van der Waals surface area contributed by atoms with Gasteiger partial charge in [-0.1, -0.05) is 44.2 Å². The molecule has 4 nitrogen and oxygen atoms in total. The van der Waals surface area contributed by atoms with Crippen LogP contribution in [0.15, 0.2) is 48.8 Å². The average molecular weight is 351 g/mol. The van der Waals surface area contributed by atoms with E-state index in [0.717, 1.165) is 33.2 Å². The molecule has 0 aliphatic carbocycles. The average Bonchev–Trinajstić information content (AvgIpc) is 2.67. The van der Waals surface area contributed by atoms with E-state index >= 15 is 0 Å². The Bertz CT molecular complexity index is 922. The maximum Gasteiger partial charge on any atom is 0.133 e. The third kappa shape index (κ3) is 2.61. The van der Waals surface area contributed by atoms with Crippen molar-refractivity contribution >= 4 is 10.8 Å². The van der Waals surface area contributed by atoms with Crippen LogP contribution >= 0.6 is 0 Å². The number of nitrogens with zero attached hydrogens (tertiary/aromatic N) is 1. The largest absolute Gasteiger partial charge is 0.496 e. The minimum atomic E-state index is -1.26. The molecule has 1 N–H and O–H groups in total. The number of aromatic nitrogens is 1. The summed E-state index contributed by atoms with van der Waals surface area (Å²) in [5.41, 5.74) is 1.05. The van der Waals surface area contributed by atoms with E-state index in [1.54, 1.807) is 26.6 Å². The molecule has 0 aliphatic heterocycles. The molecule has 1 atom stereocenters. The second kappa shape index (κ2) is 6.96. The number of hydrogen-bond acceptors (Lipinski definition) is 4. The fourth-order valence-electron chi connectivity index (χ4n) is 3.79. The van der Waals surface area contributed by atoms with E-state index in [2.05, 4.69) is 4.98 Å². The Kier molecular flexibility index (Phi) is 4.88. The summed E-state index contributed by atoms with van der Waals surface area (Å²) >= 11 is 0. The fourth-order valence-corrected chi connectivity index (χ4v) is 3.79. The van der Waals surface area contributed by atoms with Crippen molar-refractivity contribution in [2.24, 2.45) is 5.92 Å². The van der Waals surface area contributed by atoms with Gasteiger partial charge < -0.3 is 14.6 Å². The summed E-state index contributed by atoms with van der Waals surface area (Å²) in [5, 5.41) is 13.8. The Balaban J connectivity index is 2.48. The van der Waals surface area contributed by atoms with Gasteiger partial charge in [0.25, 0.3) is 0 Å². The summed E-state index contributed by atoms with van der Waals surface area (Å²) in [7, 11) is 3.30. The highest BCUT2D eigenvalue weighted by Gasteiger charge is 2.41. The molecular formula is C22H25NO3. The standard InChI is InChI=1S/C22H25NO3/c1-14(2)22(24,16-9-8-12-23-13-16)19-15(3)20(25-4)17-10-6-7-11-18(17)21(19)26-5/h6-14,24H,1-5H3. The molecule has 2 aromatic carbocycles. The molecule has 1 unspecified atom stereocenters. The number of benzene rings is 2. The van der Waals surface area contributed by atoms with Crippen LogP contribution < -0.4 is 9.47 Å². The van der Waals surface area contributed by atoms with Crippen molar-refractivity contribution in [1.29, 1.82) is 0 Å². The maximum atomic E-state index is 11.9. The van der Waals surface area contributed by atoms with Crippen LogP contribution in [0.5, 0.6) is 11.5 Å². The lowest BCUT2D eigenvalue weighted by molar-refractivity contribution is 0.0285. The van der Waals surface area contributed by atoms with Gasteiger partial charge in [-0.25, -0.2) is 0 Å². The molecule has 26 heavy (non-hydrogen) atoms. The highest BCUT2D eigenvalue weighted by molar-refractivity contribution is 5.96. The first-order chi connectivity index (χ1) is 12.5. The normalized spacial score (nSPS) is 13.7. The van der Waals surface area contributed by atoms with Crippen molar-refractivity contribution in [3.05, 3.63) is 65.5 Å². The van der Waals surface area contributed by atoms with Crippen molar-refractivity contribution in [2.75, 3.05) is 14.2 Å². The van der Waals surface area contributed by atoms with E-state index in [1.165, 1.54) is 0 Å². The highest BCUT2D eigenvalue weighted by Crippen LogP contribution is 2.49. The van der Waals surface area contributed by atoms with Gasteiger partial charge in [0.2, 0.25) is 0 Å². The van der Waals surface area contributed by atoms with E-state index in [1.807, 2.05) is 57.2 Å². The van der Waals surface area contributed by atoms with Gasteiger partial charge in [0, 0.05) is 39.9 Å². The lowest BCUT2D eigenvalue weighted by atomic mass is 9.75. The topological polar surface area (TPSA) is 51.6 Å². The molecule has 0 saturated heterocycles. The molecule has 3 rings (SSSR count). The van der Waals surface area contributed by atoms with Gasteiger partial charge >= 0.3 is 0 Å². The van der Waals surface area contributed by atoms with Gasteiger partial charge in [-0.15, -0.1) is 0 Å². The van der Waals surface area contributed by atoms with Gasteiger partial charge in [-0.2, -0.15) is 0 Å². The van der Waals surface area contributed by atoms with E-state index in [-0.39, 0.29) is 5.92 Å². The van der Waals surface area contributed by atoms with E-state index in [4.69, 9.17) is 9.47 Å². The predicted molar refractivity (Wildman–Crippen MR) is 104 cm³/mol. The lowest BCUT2D eigenvalue weighted by Crippen LogP contribution is -2.35. The molecule has 0 aliphatic rings. The quantitative estimate of drug-likeness (QED) is 0.738. The Hall–Kier alpha value is -2.59. The monoisotopic (exact) mass is 351 g/mol. The molecule has 0 bridgehead atoms. The van der Waals surface area contributed by atoms with Crippen molar-refractivity contribution in [3.63, 3.8) is 0 Å². The molecule has 1 aromatic heterocycles. The molecule has 3 aromatic rings. The highest BCUT2D eigenvalue weighted by atomic mass is 16.5. The zero-order chi connectivity index (χ0) is 18.9. The molecule has 0 radical (unpaired) electrons. The van der Waals surface area contributed by atoms with Crippen LogP contribution in [0.3, 0.4) is 0 Å². The Labute approximate surface area is 154 Å². The number of fused-ring (bicyclic) bond motifs is 1. The van der Waals surface area contributed by atoms with Crippen molar-refractivity contribution in [1.82, 2.24) is 4.98 Å². The molecule has 1 heterocycles. The summed E-state index contributed by atoms with van der Waals surface area (Å²) in [4.78, 5) is 4.22. The molecular weight excluding hydrogens is 326 g/mol. The van der Waals surface area contributed by atoms with Crippen LogP contribution in [0.1, 0.15) is 30.5 Å². The van der Waals surface area contributed by atoms with Crippen LogP contribution in [0, 0.1) is 12.8 Å². The Morgan fingerprint density at radius 2 is 1.58 bits per heavy atom. The number of pyridine rings is 1. The summed E-state index contributed by atoms with van der Waals surface area (Å²) in [6.07, 6.45) is 3.41. The minimum Gasteiger partial charge on any atom is -0.496 e. The summed E-state index contributed by atoms with van der Waals surface area (Å²) in [6.45, 7) is 5.95. The van der Waals surface area contributed by atoms with Gasteiger partial charge in [-0.05, 0) is 18.9 Å². The van der Waals surface area contributed by atoms with Gasteiger partial charge in [0.1, 0.15) is 17.1 Å². The predicted octanol–water partition coefficient (Wildman–Crippen LogP) is 4.45. The van der Waals surface area contributed by atoms with Crippen LogP contribution in [0.2, 0.25) is 0 Å². The van der Waals surface area contributed by atoms with Crippen molar-refractivity contribution in [3.8, 4) is 11.5 Å². The van der Waals surface area contributed by atoms with Gasteiger partial charge in [0.05, 0.1) is 14.2 Å². The van der Waals surface area contributed by atoms with Gasteiger partial charge in [-0.3, -0.25) is 4.98 Å². The third-order valence-corrected chi connectivity index (χ3v) is 5.09. The number of aliphatic hydroxyl groups is 1. The van der Waals surface area contributed by atoms with Crippen molar-refractivity contribution in [2.45, 2.75) is 26.4 Å². The second-order valence-corrected chi connectivity index (χ2v) is 6.77. The zero-order valence-electron chi connectivity index (χ0n) is 15.9. The smallest absolute Gasteiger partial charge is 0.133 e. The van der Waals surface area contributed by atoms with E-state index in [9.17, 15) is 5.11 Å². The second-order valence-electron chi connectivity index (χ2n) is 6.77. The SMILES string of the molecule is COc1c(C)c(C(O)(c2cccnc2)C(C)C)c(OC)c2ccccc12. The molecule has 0 spiro atoms. The fraction of sp³-hybridized carbons (Fsp3) is 0.318. The zero-order valence-corrected chi connectivity index (χ0v) is 15.9. The molecule has 0 saturated carbocycles. The first-order valence-electron chi connectivity index (χ1n) is 8.73. The van der Waals surface area contributed by atoms with Crippen LogP contribution in [0.25, 0.3) is 10.8 Å². The maximum absolute atomic E-state index is 11.9. The summed E-state index contributed by atoms with van der Waals surface area (Å²) in [5.74, 6) is 1.31. The van der Waals surface area contributed by atoms with Gasteiger partial charge in [0.15, 0.2) is 0 Å². The van der Waals surface area contributed by atoms with E-state index in [0.29, 0.717) is 5.75 Å². The number of ether oxygens (including phenoxy) is 2. The van der Waals surface area contributed by atoms with Crippen molar-refractivity contribution < 1.29 is 14.6 Å². The van der Waals surface area contributed by atoms with E-state index < -0.39 is 5.60 Å². The van der Waals surface area contributed by atoms with Crippen LogP contribution in [0.4, 0.5) is 0 Å². The molecule has 136 valence electrons. The third-order valence-electron chi connectivity index (χ3n) is 5.09. The first-order valence-corrected chi connectivity index (χ1v) is 8.73. The number of rotatable bonds is 5. The summed E-state index contributed by atoms with van der Waals surface area (Å²) in [6, 6.07) is 11.7. The van der Waals surface area contributed by atoms with Crippen LogP contribution in [-0.2, 0) is 5.60 Å². The first kappa shape index (κ1) is 18.2. The Morgan fingerprint density at radius 3 is 2.08 bits per heavy atom.